The lowest BCUT2D eigenvalue weighted by Gasteiger charge is -2.30. The molecule has 0 aliphatic carbocycles. The molecule has 0 saturated carbocycles. The van der Waals surface area contributed by atoms with Gasteiger partial charge in [-0.1, -0.05) is 19.0 Å². The van der Waals surface area contributed by atoms with Crippen molar-refractivity contribution in [2.24, 2.45) is 11.0 Å². The standard InChI is InChI=1S/C12H17N3O5/c1-6(2)5-7(14-15-13)9(16)8-10(17)19-12(3,4)20-11(8)18/h6-7,16H,5H2,1-4H3/t7-/m0/s1. The molecule has 0 unspecified atom stereocenters. The highest BCUT2D eigenvalue weighted by Gasteiger charge is 2.42. The first-order valence-corrected chi connectivity index (χ1v) is 6.12. The Labute approximate surface area is 116 Å². The molecule has 110 valence electrons. The Balaban J connectivity index is 3.17. The first kappa shape index (κ1) is 15.8. The van der Waals surface area contributed by atoms with Crippen molar-refractivity contribution in [3.8, 4) is 0 Å². The van der Waals surface area contributed by atoms with Gasteiger partial charge < -0.3 is 14.6 Å². The first-order chi connectivity index (χ1) is 9.18. The van der Waals surface area contributed by atoms with Crippen LogP contribution in [0.2, 0.25) is 0 Å². The number of hydrogen-bond donors (Lipinski definition) is 1. The van der Waals surface area contributed by atoms with Gasteiger partial charge in [-0.2, -0.15) is 0 Å². The van der Waals surface area contributed by atoms with Crippen LogP contribution in [0.5, 0.6) is 0 Å². The second-order valence-corrected chi connectivity index (χ2v) is 5.29. The molecule has 1 rings (SSSR count). The van der Waals surface area contributed by atoms with E-state index in [-0.39, 0.29) is 12.3 Å². The molecule has 1 fully saturated rings. The van der Waals surface area contributed by atoms with E-state index < -0.39 is 35.1 Å². The molecule has 0 aromatic heterocycles. The highest BCUT2D eigenvalue weighted by Crippen LogP contribution is 2.27. The third-order valence-electron chi connectivity index (χ3n) is 2.54. The van der Waals surface area contributed by atoms with Gasteiger partial charge in [-0.25, -0.2) is 9.59 Å². The van der Waals surface area contributed by atoms with Crippen molar-refractivity contribution in [3.63, 3.8) is 0 Å². The topological polar surface area (TPSA) is 122 Å². The second-order valence-electron chi connectivity index (χ2n) is 5.29. The Hall–Kier alpha value is -2.21. The van der Waals surface area contributed by atoms with Crippen LogP contribution in [0, 0.1) is 5.92 Å². The molecule has 0 bridgehead atoms. The van der Waals surface area contributed by atoms with Gasteiger partial charge in [-0.3, -0.25) is 0 Å². The predicted molar refractivity (Wildman–Crippen MR) is 68.3 cm³/mol. The van der Waals surface area contributed by atoms with Gasteiger partial charge in [0.05, 0.1) is 6.04 Å². The fourth-order valence-corrected chi connectivity index (χ4v) is 1.75. The quantitative estimate of drug-likeness (QED) is 0.161. The molecule has 0 amide bonds. The zero-order chi connectivity index (χ0) is 15.5. The van der Waals surface area contributed by atoms with E-state index in [9.17, 15) is 14.7 Å². The summed E-state index contributed by atoms with van der Waals surface area (Å²) in [6, 6.07) is -1.02. The average Bonchev–Trinajstić information content (AvgIpc) is 2.24. The normalized spacial score (nSPS) is 18.9. The van der Waals surface area contributed by atoms with Crippen LogP contribution in [0.25, 0.3) is 10.4 Å². The minimum Gasteiger partial charge on any atom is -0.511 e. The molecule has 1 saturated heterocycles. The van der Waals surface area contributed by atoms with E-state index in [1.54, 1.807) is 0 Å². The van der Waals surface area contributed by atoms with Gasteiger partial charge in [0.1, 0.15) is 5.76 Å². The number of carbonyl (C=O) groups is 2. The molecule has 8 nitrogen and oxygen atoms in total. The molecule has 1 heterocycles. The van der Waals surface area contributed by atoms with Crippen LogP contribution < -0.4 is 0 Å². The van der Waals surface area contributed by atoms with Gasteiger partial charge in [0.15, 0.2) is 5.57 Å². The van der Waals surface area contributed by atoms with Crippen LogP contribution in [-0.2, 0) is 19.1 Å². The minimum atomic E-state index is -1.38. The van der Waals surface area contributed by atoms with E-state index in [1.807, 2.05) is 13.8 Å². The van der Waals surface area contributed by atoms with Crippen molar-refractivity contribution in [2.75, 3.05) is 0 Å². The lowest BCUT2D eigenvalue weighted by Crippen LogP contribution is -2.43. The van der Waals surface area contributed by atoms with Crippen molar-refractivity contribution >= 4 is 11.9 Å². The van der Waals surface area contributed by atoms with E-state index in [2.05, 4.69) is 10.0 Å². The van der Waals surface area contributed by atoms with Crippen molar-refractivity contribution in [3.05, 3.63) is 21.8 Å². The summed E-state index contributed by atoms with van der Waals surface area (Å²) in [7, 11) is 0. The average molecular weight is 283 g/mol. The maximum absolute atomic E-state index is 11.8. The molecule has 1 aliphatic rings. The number of carbonyl (C=O) groups excluding carboxylic acids is 2. The number of aliphatic hydroxyl groups excluding tert-OH is 1. The van der Waals surface area contributed by atoms with E-state index in [4.69, 9.17) is 15.0 Å². The number of azide groups is 1. The summed E-state index contributed by atoms with van der Waals surface area (Å²) in [6.07, 6.45) is 0.281. The van der Waals surface area contributed by atoms with Gasteiger partial charge in [0.25, 0.3) is 5.79 Å². The van der Waals surface area contributed by atoms with Crippen molar-refractivity contribution < 1.29 is 24.2 Å². The highest BCUT2D eigenvalue weighted by molar-refractivity contribution is 6.15. The van der Waals surface area contributed by atoms with E-state index >= 15 is 0 Å². The summed E-state index contributed by atoms with van der Waals surface area (Å²) in [5.41, 5.74) is 7.88. The molecule has 0 radical (unpaired) electrons. The van der Waals surface area contributed by atoms with E-state index in [0.717, 1.165) is 0 Å². The Kier molecular flexibility index (Phi) is 4.62. The molecular weight excluding hydrogens is 266 g/mol. The lowest BCUT2D eigenvalue weighted by atomic mass is 10.00. The highest BCUT2D eigenvalue weighted by atomic mass is 16.7. The molecule has 1 N–H and O–H groups in total. The number of rotatable bonds is 4. The van der Waals surface area contributed by atoms with Crippen LogP contribution in [0.1, 0.15) is 34.1 Å². The maximum Gasteiger partial charge on any atom is 0.352 e. The summed E-state index contributed by atoms with van der Waals surface area (Å²) in [6.45, 7) is 6.49. The predicted octanol–water partition coefficient (Wildman–Crippen LogP) is 2.36. The van der Waals surface area contributed by atoms with Crippen molar-refractivity contribution in [1.29, 1.82) is 0 Å². The molecule has 1 aliphatic heterocycles. The Morgan fingerprint density at radius 1 is 1.35 bits per heavy atom. The largest absolute Gasteiger partial charge is 0.511 e. The van der Waals surface area contributed by atoms with Gasteiger partial charge in [0, 0.05) is 18.8 Å². The molecule has 0 spiro atoms. The smallest absolute Gasteiger partial charge is 0.352 e. The second kappa shape index (κ2) is 5.83. The number of ether oxygens (including phenoxy) is 2. The number of aliphatic hydroxyl groups is 1. The van der Waals surface area contributed by atoms with Crippen molar-refractivity contribution in [1.82, 2.24) is 0 Å². The third-order valence-corrected chi connectivity index (χ3v) is 2.54. The van der Waals surface area contributed by atoms with Gasteiger partial charge in [-0.05, 0) is 17.9 Å². The fourth-order valence-electron chi connectivity index (χ4n) is 1.75. The zero-order valence-corrected chi connectivity index (χ0v) is 11.8. The minimum absolute atomic E-state index is 0.0836. The molecule has 0 aromatic carbocycles. The zero-order valence-electron chi connectivity index (χ0n) is 11.8. The number of nitrogens with zero attached hydrogens (tertiary/aromatic N) is 3. The van der Waals surface area contributed by atoms with E-state index in [0.29, 0.717) is 0 Å². The molecule has 20 heavy (non-hydrogen) atoms. The van der Waals surface area contributed by atoms with E-state index in [1.165, 1.54) is 13.8 Å². The monoisotopic (exact) mass is 283 g/mol. The van der Waals surface area contributed by atoms with Crippen LogP contribution in [-0.4, -0.2) is 28.9 Å². The van der Waals surface area contributed by atoms with Crippen molar-refractivity contribution in [2.45, 2.75) is 45.9 Å². The van der Waals surface area contributed by atoms with Crippen LogP contribution in [0.3, 0.4) is 0 Å². The summed E-state index contributed by atoms with van der Waals surface area (Å²) < 4.78 is 9.75. The number of cyclic esters (lactones) is 2. The molecular formula is C12H17N3O5. The number of hydrogen-bond acceptors (Lipinski definition) is 6. The van der Waals surface area contributed by atoms with Crippen LogP contribution in [0.15, 0.2) is 16.4 Å². The molecule has 1 atom stereocenters. The Morgan fingerprint density at radius 3 is 2.25 bits per heavy atom. The Bertz CT molecular complexity index is 481. The summed E-state index contributed by atoms with van der Waals surface area (Å²) >= 11 is 0. The maximum atomic E-state index is 11.8. The molecule has 0 aromatic rings. The lowest BCUT2D eigenvalue weighted by molar-refractivity contribution is -0.222. The SMILES string of the molecule is CC(C)C[C@H](N=[N+]=[N-])C(O)=C1C(=O)OC(C)(C)OC1=O. The van der Waals surface area contributed by atoms with Crippen LogP contribution >= 0.6 is 0 Å². The van der Waals surface area contributed by atoms with Crippen LogP contribution in [0.4, 0.5) is 0 Å². The van der Waals surface area contributed by atoms with Gasteiger partial charge >= 0.3 is 11.9 Å². The summed E-state index contributed by atoms with van der Waals surface area (Å²) in [5, 5.41) is 13.4. The molecule has 8 heteroatoms. The Morgan fingerprint density at radius 2 is 1.85 bits per heavy atom. The third kappa shape index (κ3) is 3.64. The van der Waals surface area contributed by atoms with Gasteiger partial charge in [-0.15, -0.1) is 0 Å². The fraction of sp³-hybridized carbons (Fsp3) is 0.667. The summed E-state index contributed by atoms with van der Waals surface area (Å²) in [5.74, 6) is -3.91. The number of esters is 2. The van der Waals surface area contributed by atoms with Gasteiger partial charge in [0.2, 0.25) is 0 Å². The summed E-state index contributed by atoms with van der Waals surface area (Å²) in [4.78, 5) is 26.2. The first-order valence-electron chi connectivity index (χ1n) is 6.12.